The zero-order valence-electron chi connectivity index (χ0n) is 12.3. The highest BCUT2D eigenvalue weighted by Gasteiger charge is 2.16. The highest BCUT2D eigenvalue weighted by Crippen LogP contribution is 2.07. The molecule has 2 amide bonds. The Balaban J connectivity index is 2.34. The molecule has 0 aromatic carbocycles. The molecule has 1 N–H and O–H groups in total. The third-order valence-corrected chi connectivity index (χ3v) is 3.60. The van der Waals surface area contributed by atoms with Crippen LogP contribution in [0.15, 0.2) is 17.5 Å². The number of amides is 2. The average Bonchev–Trinajstić information content (AvgIpc) is 2.99. The molecule has 7 heteroatoms. The topological polar surface area (TPSA) is 75.7 Å². The van der Waals surface area contributed by atoms with Gasteiger partial charge in [0.25, 0.3) is 5.91 Å². The zero-order chi connectivity index (χ0) is 15.7. The van der Waals surface area contributed by atoms with Crippen molar-refractivity contribution in [3.8, 4) is 0 Å². The van der Waals surface area contributed by atoms with E-state index in [1.807, 2.05) is 5.38 Å². The van der Waals surface area contributed by atoms with Gasteiger partial charge in [0.2, 0.25) is 5.91 Å². The molecule has 0 aliphatic carbocycles. The van der Waals surface area contributed by atoms with Crippen molar-refractivity contribution < 1.29 is 19.1 Å². The van der Waals surface area contributed by atoms with Crippen molar-refractivity contribution in [2.45, 2.75) is 20.3 Å². The van der Waals surface area contributed by atoms with E-state index in [0.717, 1.165) is 0 Å². The number of carbonyl (C=O) groups excluding carboxylic acids is 3. The van der Waals surface area contributed by atoms with Gasteiger partial charge >= 0.3 is 5.97 Å². The smallest absolute Gasteiger partial charge is 0.325 e. The first kappa shape index (κ1) is 17.2. The number of likely N-dealkylation sites (N-methyl/N-ethyl adjacent to an activating group) is 1. The maximum atomic E-state index is 12.0. The van der Waals surface area contributed by atoms with Crippen LogP contribution in [0.25, 0.3) is 0 Å². The molecule has 1 heterocycles. The van der Waals surface area contributed by atoms with Crippen molar-refractivity contribution in [2.75, 3.05) is 26.2 Å². The van der Waals surface area contributed by atoms with Gasteiger partial charge in [-0.05, 0) is 25.3 Å². The van der Waals surface area contributed by atoms with E-state index in [1.54, 1.807) is 26.0 Å². The van der Waals surface area contributed by atoms with Crippen LogP contribution in [0.2, 0.25) is 0 Å². The van der Waals surface area contributed by atoms with E-state index in [0.29, 0.717) is 18.0 Å². The first-order valence-corrected chi connectivity index (χ1v) is 7.71. The molecule has 0 saturated carbocycles. The van der Waals surface area contributed by atoms with Crippen LogP contribution in [0.4, 0.5) is 0 Å². The summed E-state index contributed by atoms with van der Waals surface area (Å²) in [4.78, 5) is 37.0. The number of carbonyl (C=O) groups is 3. The standard InChI is InChI=1S/C14H20N2O4S/c1-3-16(10-13(18)20-4-2)12(17)7-8-15-14(19)11-6-5-9-21-11/h5-6,9H,3-4,7-8,10H2,1-2H3,(H,15,19). The van der Waals surface area contributed by atoms with Crippen LogP contribution in [0, 0.1) is 0 Å². The molecular weight excluding hydrogens is 292 g/mol. The number of hydrogen-bond donors (Lipinski definition) is 1. The van der Waals surface area contributed by atoms with E-state index >= 15 is 0 Å². The average molecular weight is 312 g/mol. The third-order valence-electron chi connectivity index (χ3n) is 2.73. The van der Waals surface area contributed by atoms with Gasteiger partial charge in [0, 0.05) is 19.5 Å². The van der Waals surface area contributed by atoms with Crippen LogP contribution in [0.1, 0.15) is 29.9 Å². The minimum absolute atomic E-state index is 0.0535. The molecule has 0 unspecified atom stereocenters. The number of thiophene rings is 1. The predicted octanol–water partition coefficient (Wildman–Crippen LogP) is 1.28. The van der Waals surface area contributed by atoms with Crippen molar-refractivity contribution in [3.63, 3.8) is 0 Å². The molecule has 1 aromatic heterocycles. The van der Waals surface area contributed by atoms with E-state index in [4.69, 9.17) is 4.74 Å². The van der Waals surface area contributed by atoms with Gasteiger partial charge in [0.15, 0.2) is 0 Å². The molecule has 0 radical (unpaired) electrons. The van der Waals surface area contributed by atoms with Gasteiger partial charge in [-0.25, -0.2) is 0 Å². The molecule has 6 nitrogen and oxygen atoms in total. The third kappa shape index (κ3) is 5.95. The molecule has 0 aliphatic rings. The van der Waals surface area contributed by atoms with E-state index in [2.05, 4.69) is 5.32 Å². The van der Waals surface area contributed by atoms with Crippen LogP contribution >= 0.6 is 11.3 Å². The zero-order valence-corrected chi connectivity index (χ0v) is 13.1. The van der Waals surface area contributed by atoms with Crippen LogP contribution in [0.3, 0.4) is 0 Å². The summed E-state index contributed by atoms with van der Waals surface area (Å²) < 4.78 is 4.81. The second kappa shape index (κ2) is 9.12. The van der Waals surface area contributed by atoms with E-state index < -0.39 is 5.97 Å². The molecule has 0 bridgehead atoms. The second-order valence-electron chi connectivity index (χ2n) is 4.20. The fourth-order valence-electron chi connectivity index (χ4n) is 1.67. The Hall–Kier alpha value is -1.89. The van der Waals surface area contributed by atoms with E-state index in [-0.39, 0.29) is 31.3 Å². The molecule has 0 saturated heterocycles. The largest absolute Gasteiger partial charge is 0.465 e. The summed E-state index contributed by atoms with van der Waals surface area (Å²) in [5.41, 5.74) is 0. The van der Waals surface area contributed by atoms with Gasteiger partial charge < -0.3 is 15.0 Å². The van der Waals surface area contributed by atoms with Crippen LogP contribution in [0.5, 0.6) is 0 Å². The summed E-state index contributed by atoms with van der Waals surface area (Å²) in [6.07, 6.45) is 0.157. The first-order valence-electron chi connectivity index (χ1n) is 6.83. The number of esters is 1. The lowest BCUT2D eigenvalue weighted by molar-refractivity contribution is -0.148. The first-order chi connectivity index (χ1) is 10.1. The van der Waals surface area contributed by atoms with Crippen molar-refractivity contribution in [2.24, 2.45) is 0 Å². The van der Waals surface area contributed by atoms with Gasteiger partial charge in [-0.3, -0.25) is 14.4 Å². The Morgan fingerprint density at radius 3 is 2.67 bits per heavy atom. The summed E-state index contributed by atoms with van der Waals surface area (Å²) in [5, 5.41) is 4.50. The van der Waals surface area contributed by atoms with Gasteiger partial charge in [-0.2, -0.15) is 0 Å². The Bertz CT molecular complexity index is 473. The molecule has 21 heavy (non-hydrogen) atoms. The van der Waals surface area contributed by atoms with Crippen molar-refractivity contribution >= 4 is 29.1 Å². The Kier molecular flexibility index (Phi) is 7.45. The van der Waals surface area contributed by atoms with Crippen molar-refractivity contribution in [1.29, 1.82) is 0 Å². The monoisotopic (exact) mass is 312 g/mol. The summed E-state index contributed by atoms with van der Waals surface area (Å²) in [7, 11) is 0. The highest BCUT2D eigenvalue weighted by molar-refractivity contribution is 7.12. The lowest BCUT2D eigenvalue weighted by Crippen LogP contribution is -2.38. The molecule has 1 aromatic rings. The number of nitrogens with zero attached hydrogens (tertiary/aromatic N) is 1. The van der Waals surface area contributed by atoms with Gasteiger partial charge in [0.1, 0.15) is 6.54 Å². The Labute approximate surface area is 128 Å². The Morgan fingerprint density at radius 1 is 1.33 bits per heavy atom. The van der Waals surface area contributed by atoms with Crippen molar-refractivity contribution in [1.82, 2.24) is 10.2 Å². The van der Waals surface area contributed by atoms with E-state index in [1.165, 1.54) is 16.2 Å². The summed E-state index contributed by atoms with van der Waals surface area (Å²) in [6.45, 7) is 4.42. The molecule has 0 atom stereocenters. The maximum Gasteiger partial charge on any atom is 0.325 e. The van der Waals surface area contributed by atoms with Crippen LogP contribution < -0.4 is 5.32 Å². The SMILES string of the molecule is CCOC(=O)CN(CC)C(=O)CCNC(=O)c1cccs1. The van der Waals surface area contributed by atoms with Gasteiger partial charge in [-0.1, -0.05) is 6.07 Å². The predicted molar refractivity (Wildman–Crippen MR) is 80.2 cm³/mol. The lowest BCUT2D eigenvalue weighted by Gasteiger charge is -2.19. The number of rotatable bonds is 8. The maximum absolute atomic E-state index is 12.0. The minimum atomic E-state index is -0.421. The molecular formula is C14H20N2O4S. The second-order valence-corrected chi connectivity index (χ2v) is 5.14. The van der Waals surface area contributed by atoms with Gasteiger partial charge in [0.05, 0.1) is 11.5 Å². The van der Waals surface area contributed by atoms with Gasteiger partial charge in [-0.15, -0.1) is 11.3 Å². The quantitative estimate of drug-likeness (QED) is 0.734. The minimum Gasteiger partial charge on any atom is -0.465 e. The Morgan fingerprint density at radius 2 is 2.10 bits per heavy atom. The fourth-order valence-corrected chi connectivity index (χ4v) is 2.31. The van der Waals surface area contributed by atoms with E-state index in [9.17, 15) is 14.4 Å². The van der Waals surface area contributed by atoms with Crippen LogP contribution in [-0.4, -0.2) is 48.9 Å². The summed E-state index contributed by atoms with van der Waals surface area (Å²) >= 11 is 1.35. The number of nitrogens with one attached hydrogen (secondary N) is 1. The highest BCUT2D eigenvalue weighted by atomic mass is 32.1. The lowest BCUT2D eigenvalue weighted by atomic mass is 10.3. The fraction of sp³-hybridized carbons (Fsp3) is 0.500. The molecule has 0 fully saturated rings. The molecule has 1 rings (SSSR count). The number of ether oxygens (including phenoxy) is 1. The summed E-state index contributed by atoms with van der Waals surface area (Å²) in [5.74, 6) is -0.793. The molecule has 116 valence electrons. The molecule has 0 aliphatic heterocycles. The summed E-state index contributed by atoms with van der Waals surface area (Å²) in [6, 6.07) is 3.52. The van der Waals surface area contributed by atoms with Crippen molar-refractivity contribution in [3.05, 3.63) is 22.4 Å². The van der Waals surface area contributed by atoms with Crippen LogP contribution in [-0.2, 0) is 14.3 Å². The molecule has 0 spiro atoms. The normalized spacial score (nSPS) is 10.0. The number of hydrogen-bond acceptors (Lipinski definition) is 5.